The van der Waals surface area contributed by atoms with Gasteiger partial charge in [-0.2, -0.15) is 0 Å². The Kier molecular flexibility index (Phi) is 3.38. The zero-order chi connectivity index (χ0) is 8.97. The topological polar surface area (TPSA) is 29.5 Å². The second-order valence-corrected chi connectivity index (χ2v) is 2.85. The minimum Gasteiger partial charge on any atom is -0.464 e. The number of aliphatic hydroxyl groups excluding tert-OH is 1. The molecule has 0 saturated carbocycles. The smallest absolute Gasteiger partial charge is 0.211 e. The lowest BCUT2D eigenvalue weighted by molar-refractivity contribution is 0.00268. The molecule has 3 heteroatoms. The van der Waals surface area contributed by atoms with Crippen molar-refractivity contribution in [1.82, 2.24) is 0 Å². The van der Waals surface area contributed by atoms with Gasteiger partial charge in [-0.1, -0.05) is 12.1 Å². The van der Waals surface area contributed by atoms with E-state index >= 15 is 0 Å². The van der Waals surface area contributed by atoms with Crippen molar-refractivity contribution >= 4 is 11.6 Å². The Balaban J connectivity index is 2.63. The zero-order valence-electron chi connectivity index (χ0n) is 6.83. The number of rotatable bonds is 3. The molecule has 1 rings (SSSR count). The van der Waals surface area contributed by atoms with E-state index in [1.165, 1.54) is 0 Å². The molecule has 0 saturated heterocycles. The van der Waals surface area contributed by atoms with Gasteiger partial charge in [-0.05, 0) is 24.6 Å². The summed E-state index contributed by atoms with van der Waals surface area (Å²) in [5.41, 5.74) is 1.09. The standard InChI is InChI=1S/C9H11ClO2/c1-7-3-2-4-8(5-7)12-9(11)6-10/h2-5,9,11H,6H2,1H3. The van der Waals surface area contributed by atoms with Crippen LogP contribution < -0.4 is 4.74 Å². The van der Waals surface area contributed by atoms with Crippen LogP contribution in [-0.4, -0.2) is 17.3 Å². The molecular weight excluding hydrogens is 176 g/mol. The molecule has 0 radical (unpaired) electrons. The van der Waals surface area contributed by atoms with Gasteiger partial charge in [0.2, 0.25) is 6.29 Å². The second kappa shape index (κ2) is 4.33. The molecule has 0 aliphatic rings. The monoisotopic (exact) mass is 186 g/mol. The van der Waals surface area contributed by atoms with Gasteiger partial charge in [0.05, 0.1) is 5.88 Å². The average molecular weight is 187 g/mol. The molecule has 0 heterocycles. The highest BCUT2D eigenvalue weighted by Crippen LogP contribution is 2.13. The van der Waals surface area contributed by atoms with Gasteiger partial charge in [0.1, 0.15) is 5.75 Å². The lowest BCUT2D eigenvalue weighted by atomic mass is 10.2. The third-order valence-corrected chi connectivity index (χ3v) is 1.66. The van der Waals surface area contributed by atoms with Gasteiger partial charge < -0.3 is 9.84 Å². The summed E-state index contributed by atoms with van der Waals surface area (Å²) in [6.07, 6.45) is -0.923. The van der Waals surface area contributed by atoms with Gasteiger partial charge in [0.25, 0.3) is 0 Å². The zero-order valence-corrected chi connectivity index (χ0v) is 7.58. The summed E-state index contributed by atoms with van der Waals surface area (Å²) in [5.74, 6) is 0.719. The normalized spacial score (nSPS) is 12.6. The molecule has 1 unspecified atom stereocenters. The van der Waals surface area contributed by atoms with Crippen molar-refractivity contribution in [2.45, 2.75) is 13.2 Å². The summed E-state index contributed by atoms with van der Waals surface area (Å²) in [6.45, 7) is 1.96. The predicted molar refractivity (Wildman–Crippen MR) is 48.5 cm³/mol. The molecule has 0 spiro atoms. The van der Waals surface area contributed by atoms with Crippen molar-refractivity contribution < 1.29 is 9.84 Å². The van der Waals surface area contributed by atoms with Gasteiger partial charge in [-0.15, -0.1) is 11.6 Å². The summed E-state index contributed by atoms with van der Waals surface area (Å²) in [4.78, 5) is 0. The molecular formula is C9H11ClO2. The largest absolute Gasteiger partial charge is 0.464 e. The Labute approximate surface area is 76.7 Å². The van der Waals surface area contributed by atoms with E-state index in [2.05, 4.69) is 0 Å². The van der Waals surface area contributed by atoms with Crippen LogP contribution in [0.15, 0.2) is 24.3 Å². The van der Waals surface area contributed by atoms with Gasteiger partial charge in [-0.3, -0.25) is 0 Å². The van der Waals surface area contributed by atoms with Crippen LogP contribution in [0.2, 0.25) is 0 Å². The fourth-order valence-electron chi connectivity index (χ4n) is 0.877. The molecule has 0 bridgehead atoms. The van der Waals surface area contributed by atoms with E-state index in [1.807, 2.05) is 25.1 Å². The molecule has 1 atom stereocenters. The molecule has 12 heavy (non-hydrogen) atoms. The highest BCUT2D eigenvalue weighted by Gasteiger charge is 2.02. The lowest BCUT2D eigenvalue weighted by Gasteiger charge is -2.10. The van der Waals surface area contributed by atoms with Crippen molar-refractivity contribution in [3.05, 3.63) is 29.8 Å². The Morgan fingerprint density at radius 1 is 1.58 bits per heavy atom. The number of alkyl halides is 1. The van der Waals surface area contributed by atoms with Crippen molar-refractivity contribution in [1.29, 1.82) is 0 Å². The number of hydrogen-bond donors (Lipinski definition) is 1. The van der Waals surface area contributed by atoms with Crippen LogP contribution in [0.5, 0.6) is 5.75 Å². The van der Waals surface area contributed by atoms with Crippen molar-refractivity contribution in [2.75, 3.05) is 5.88 Å². The molecule has 2 nitrogen and oxygen atoms in total. The predicted octanol–water partition coefficient (Wildman–Crippen LogP) is 1.93. The molecule has 0 aromatic heterocycles. The molecule has 0 aliphatic heterocycles. The third-order valence-electron chi connectivity index (χ3n) is 1.39. The Morgan fingerprint density at radius 2 is 2.33 bits per heavy atom. The van der Waals surface area contributed by atoms with E-state index in [-0.39, 0.29) is 5.88 Å². The fraction of sp³-hybridized carbons (Fsp3) is 0.333. The first-order valence-electron chi connectivity index (χ1n) is 3.69. The number of aryl methyl sites for hydroxylation is 1. The van der Waals surface area contributed by atoms with E-state index in [1.54, 1.807) is 6.07 Å². The van der Waals surface area contributed by atoms with Crippen LogP contribution in [-0.2, 0) is 0 Å². The van der Waals surface area contributed by atoms with Crippen LogP contribution in [0, 0.1) is 6.92 Å². The number of ether oxygens (including phenoxy) is 1. The SMILES string of the molecule is Cc1cccc(OC(O)CCl)c1. The number of hydrogen-bond acceptors (Lipinski definition) is 2. The minimum atomic E-state index is -0.923. The highest BCUT2D eigenvalue weighted by atomic mass is 35.5. The Morgan fingerprint density at radius 3 is 2.92 bits per heavy atom. The van der Waals surface area contributed by atoms with Crippen molar-refractivity contribution in [3.63, 3.8) is 0 Å². The molecule has 0 aliphatic carbocycles. The Bertz CT molecular complexity index is 250. The fourth-order valence-corrected chi connectivity index (χ4v) is 0.940. The lowest BCUT2D eigenvalue weighted by Crippen LogP contribution is -2.16. The van der Waals surface area contributed by atoms with Crippen molar-refractivity contribution in [2.24, 2.45) is 0 Å². The molecule has 0 amide bonds. The van der Waals surface area contributed by atoms with Gasteiger partial charge in [0.15, 0.2) is 0 Å². The number of halogens is 1. The molecule has 1 N–H and O–H groups in total. The molecule has 1 aromatic rings. The van der Waals surface area contributed by atoms with E-state index < -0.39 is 6.29 Å². The summed E-state index contributed by atoms with van der Waals surface area (Å²) in [5, 5.41) is 9.05. The first-order valence-corrected chi connectivity index (χ1v) is 4.23. The van der Waals surface area contributed by atoms with E-state index in [4.69, 9.17) is 21.4 Å². The second-order valence-electron chi connectivity index (χ2n) is 2.54. The maximum atomic E-state index is 9.05. The quantitative estimate of drug-likeness (QED) is 0.578. The number of benzene rings is 1. The van der Waals surface area contributed by atoms with Gasteiger partial charge >= 0.3 is 0 Å². The van der Waals surface area contributed by atoms with Gasteiger partial charge in [-0.25, -0.2) is 0 Å². The summed E-state index contributed by atoms with van der Waals surface area (Å²) in [6, 6.07) is 7.45. The maximum absolute atomic E-state index is 9.05. The van der Waals surface area contributed by atoms with Crippen LogP contribution in [0.3, 0.4) is 0 Å². The van der Waals surface area contributed by atoms with Crippen LogP contribution in [0.4, 0.5) is 0 Å². The van der Waals surface area contributed by atoms with Crippen molar-refractivity contribution in [3.8, 4) is 5.75 Å². The summed E-state index contributed by atoms with van der Waals surface area (Å²) >= 11 is 5.37. The summed E-state index contributed by atoms with van der Waals surface area (Å²) < 4.78 is 5.07. The third kappa shape index (κ3) is 2.72. The average Bonchev–Trinajstić information content (AvgIpc) is 2.04. The molecule has 0 fully saturated rings. The van der Waals surface area contributed by atoms with E-state index in [9.17, 15) is 0 Å². The maximum Gasteiger partial charge on any atom is 0.211 e. The Hall–Kier alpha value is -0.730. The van der Waals surface area contributed by atoms with Gasteiger partial charge in [0, 0.05) is 0 Å². The summed E-state index contributed by atoms with van der Waals surface area (Å²) in [7, 11) is 0. The minimum absolute atomic E-state index is 0.0773. The first-order chi connectivity index (χ1) is 5.72. The first kappa shape index (κ1) is 9.36. The van der Waals surface area contributed by atoms with Crippen LogP contribution in [0.25, 0.3) is 0 Å². The van der Waals surface area contributed by atoms with Crippen LogP contribution in [0.1, 0.15) is 5.56 Å². The number of aliphatic hydroxyl groups is 1. The van der Waals surface area contributed by atoms with E-state index in [0.717, 1.165) is 5.56 Å². The van der Waals surface area contributed by atoms with Crippen LogP contribution >= 0.6 is 11.6 Å². The molecule has 1 aromatic carbocycles. The highest BCUT2D eigenvalue weighted by molar-refractivity contribution is 6.18. The van der Waals surface area contributed by atoms with E-state index in [0.29, 0.717) is 5.75 Å². The molecule has 66 valence electrons.